The molecule has 1 aliphatic heterocycles. The molecule has 0 unspecified atom stereocenters. The summed E-state index contributed by atoms with van der Waals surface area (Å²) in [6.07, 6.45) is 0.850. The lowest BCUT2D eigenvalue weighted by Gasteiger charge is -2.36. The maximum absolute atomic E-state index is 14.8. The van der Waals surface area contributed by atoms with Crippen molar-refractivity contribution in [2.75, 3.05) is 19.6 Å². The summed E-state index contributed by atoms with van der Waals surface area (Å²) in [4.78, 5) is 14.0. The van der Waals surface area contributed by atoms with Crippen LogP contribution in [0.2, 0.25) is 0 Å². The van der Waals surface area contributed by atoms with Gasteiger partial charge in [0, 0.05) is 31.1 Å². The smallest absolute Gasteiger partial charge is 0.225 e. The minimum atomic E-state index is -1.31. The van der Waals surface area contributed by atoms with Crippen molar-refractivity contribution in [2.24, 2.45) is 5.41 Å². The zero-order valence-corrected chi connectivity index (χ0v) is 13.9. The number of aryl methyl sites for hydroxylation is 1. The van der Waals surface area contributed by atoms with Gasteiger partial charge >= 0.3 is 0 Å². The molecule has 2 rings (SSSR count). The number of hydrogen-bond acceptors (Lipinski definition) is 4. The Morgan fingerprint density at radius 2 is 2.09 bits per heavy atom. The molecule has 0 atom stereocenters. The highest BCUT2D eigenvalue weighted by Crippen LogP contribution is 2.27. The van der Waals surface area contributed by atoms with Gasteiger partial charge in [0.1, 0.15) is 11.4 Å². The van der Waals surface area contributed by atoms with Gasteiger partial charge in [-0.2, -0.15) is 0 Å². The summed E-state index contributed by atoms with van der Waals surface area (Å²) < 4.78 is 19.8. The van der Waals surface area contributed by atoms with E-state index < -0.39 is 11.1 Å². The second kappa shape index (κ2) is 6.36. The lowest BCUT2D eigenvalue weighted by Crippen LogP contribution is -2.49. The second-order valence-corrected chi connectivity index (χ2v) is 7.29. The van der Waals surface area contributed by atoms with Crippen LogP contribution in [0.3, 0.4) is 0 Å². The Hall–Kier alpha value is -1.43. The summed E-state index contributed by atoms with van der Waals surface area (Å²) in [6, 6.07) is 1.90. The molecule has 0 radical (unpaired) electrons. The number of carbonyl (C=O) groups excluding carboxylic acids is 1. The minimum Gasteiger partial charge on any atom is -0.361 e. The van der Waals surface area contributed by atoms with Crippen LogP contribution in [0.15, 0.2) is 10.6 Å². The van der Waals surface area contributed by atoms with Gasteiger partial charge in [-0.3, -0.25) is 9.69 Å². The fourth-order valence-corrected chi connectivity index (χ4v) is 2.51. The third kappa shape index (κ3) is 4.53. The number of likely N-dealkylation sites (tertiary alicyclic amines) is 1. The zero-order chi connectivity index (χ0) is 16.4. The van der Waals surface area contributed by atoms with E-state index >= 15 is 0 Å². The van der Waals surface area contributed by atoms with Crippen molar-refractivity contribution in [3.8, 4) is 0 Å². The molecule has 0 aromatic carbocycles. The number of piperidine rings is 1. The van der Waals surface area contributed by atoms with Crippen LogP contribution in [0.25, 0.3) is 0 Å². The topological polar surface area (TPSA) is 58.4 Å². The number of halogens is 1. The van der Waals surface area contributed by atoms with Crippen molar-refractivity contribution in [1.29, 1.82) is 0 Å². The molecule has 1 fully saturated rings. The first-order valence-electron chi connectivity index (χ1n) is 7.80. The lowest BCUT2D eigenvalue weighted by atomic mass is 9.91. The molecule has 1 aliphatic rings. The van der Waals surface area contributed by atoms with Gasteiger partial charge in [0.2, 0.25) is 5.91 Å². The van der Waals surface area contributed by atoms with Crippen LogP contribution in [-0.2, 0) is 11.3 Å². The molecule has 5 nitrogen and oxygen atoms in total. The Labute approximate surface area is 131 Å². The molecule has 0 saturated carbocycles. The van der Waals surface area contributed by atoms with Gasteiger partial charge < -0.3 is 9.84 Å². The normalized spacial score (nSPS) is 19.1. The van der Waals surface area contributed by atoms with Crippen molar-refractivity contribution >= 4 is 5.91 Å². The van der Waals surface area contributed by atoms with Gasteiger partial charge in [0.05, 0.1) is 12.2 Å². The molecule has 2 heterocycles. The number of nitrogens with one attached hydrogen (secondary N) is 1. The Kier molecular flexibility index (Phi) is 4.90. The number of carbonyl (C=O) groups is 1. The van der Waals surface area contributed by atoms with Crippen molar-refractivity contribution in [2.45, 2.75) is 52.8 Å². The van der Waals surface area contributed by atoms with E-state index in [0.717, 1.165) is 11.5 Å². The summed E-state index contributed by atoms with van der Waals surface area (Å²) in [5.41, 5.74) is -0.913. The van der Waals surface area contributed by atoms with E-state index in [1.807, 2.05) is 33.8 Å². The summed E-state index contributed by atoms with van der Waals surface area (Å²) in [5, 5.41) is 6.71. The Bertz CT molecular complexity index is 514. The minimum absolute atomic E-state index is 0.0972. The van der Waals surface area contributed by atoms with Crippen LogP contribution >= 0.6 is 0 Å². The van der Waals surface area contributed by atoms with Crippen molar-refractivity contribution in [3.63, 3.8) is 0 Å². The maximum Gasteiger partial charge on any atom is 0.225 e. The fourth-order valence-electron chi connectivity index (χ4n) is 2.51. The number of hydrogen-bond donors (Lipinski definition) is 1. The summed E-state index contributed by atoms with van der Waals surface area (Å²) in [6.45, 7) is 9.45. The highest BCUT2D eigenvalue weighted by Gasteiger charge is 2.36. The molecule has 124 valence electrons. The molecule has 22 heavy (non-hydrogen) atoms. The molecule has 1 saturated heterocycles. The number of alkyl halides is 1. The van der Waals surface area contributed by atoms with Gasteiger partial charge in [-0.1, -0.05) is 25.9 Å². The zero-order valence-electron chi connectivity index (χ0n) is 13.9. The summed E-state index contributed by atoms with van der Waals surface area (Å²) in [7, 11) is 0. The van der Waals surface area contributed by atoms with E-state index in [9.17, 15) is 9.18 Å². The largest absolute Gasteiger partial charge is 0.361 e. The van der Waals surface area contributed by atoms with E-state index in [0.29, 0.717) is 32.5 Å². The van der Waals surface area contributed by atoms with E-state index in [4.69, 9.17) is 4.52 Å². The number of rotatable bonds is 4. The number of amides is 1. The quantitative estimate of drug-likeness (QED) is 0.928. The van der Waals surface area contributed by atoms with E-state index in [1.165, 1.54) is 0 Å². The molecule has 1 aromatic heterocycles. The maximum atomic E-state index is 14.8. The van der Waals surface area contributed by atoms with Gasteiger partial charge in [0.15, 0.2) is 0 Å². The predicted octanol–water partition coefficient (Wildman–Crippen LogP) is 2.45. The molecule has 0 aliphatic carbocycles. The second-order valence-electron chi connectivity index (χ2n) is 7.29. The van der Waals surface area contributed by atoms with E-state index in [-0.39, 0.29) is 12.5 Å². The Morgan fingerprint density at radius 1 is 1.45 bits per heavy atom. The van der Waals surface area contributed by atoms with E-state index in [2.05, 4.69) is 15.4 Å². The monoisotopic (exact) mass is 311 g/mol. The molecule has 1 aromatic rings. The first-order valence-corrected chi connectivity index (χ1v) is 7.80. The Balaban J connectivity index is 1.79. The molecular weight excluding hydrogens is 285 g/mol. The van der Waals surface area contributed by atoms with Crippen molar-refractivity contribution in [3.05, 3.63) is 17.5 Å². The van der Waals surface area contributed by atoms with Crippen LogP contribution in [0.1, 0.15) is 45.1 Å². The van der Waals surface area contributed by atoms with Crippen LogP contribution in [0.5, 0.6) is 0 Å². The molecule has 1 N–H and O–H groups in total. The van der Waals surface area contributed by atoms with Crippen LogP contribution in [-0.4, -0.2) is 41.3 Å². The van der Waals surface area contributed by atoms with Gasteiger partial charge in [0.25, 0.3) is 0 Å². The number of nitrogens with zero attached hydrogens (tertiary/aromatic N) is 2. The van der Waals surface area contributed by atoms with Crippen molar-refractivity contribution < 1.29 is 13.7 Å². The average molecular weight is 311 g/mol. The van der Waals surface area contributed by atoms with Crippen molar-refractivity contribution in [1.82, 2.24) is 15.4 Å². The van der Waals surface area contributed by atoms with Crippen LogP contribution in [0, 0.1) is 12.3 Å². The van der Waals surface area contributed by atoms with Gasteiger partial charge in [-0.25, -0.2) is 4.39 Å². The summed E-state index contributed by atoms with van der Waals surface area (Å²) >= 11 is 0. The van der Waals surface area contributed by atoms with Gasteiger partial charge in [-0.15, -0.1) is 0 Å². The molecule has 1 amide bonds. The fraction of sp³-hybridized carbons (Fsp3) is 0.750. The Morgan fingerprint density at radius 3 is 2.59 bits per heavy atom. The van der Waals surface area contributed by atoms with Gasteiger partial charge in [-0.05, 0) is 19.8 Å². The highest BCUT2D eigenvalue weighted by atomic mass is 19.1. The molecule has 0 bridgehead atoms. The standard InChI is InChI=1S/C16H26FN3O2/c1-12-9-13(19-22-12)10-20-7-5-16(17,6-8-20)11-18-14(21)15(2,3)4/h9H,5-8,10-11H2,1-4H3,(H,18,21). The van der Waals surface area contributed by atoms with E-state index in [1.54, 1.807) is 0 Å². The average Bonchev–Trinajstić information content (AvgIpc) is 2.83. The van der Waals surface area contributed by atoms with Crippen LogP contribution in [0.4, 0.5) is 4.39 Å². The SMILES string of the molecule is Cc1cc(CN2CCC(F)(CNC(=O)C(C)(C)C)CC2)no1. The first kappa shape index (κ1) is 16.9. The third-order valence-electron chi connectivity index (χ3n) is 4.06. The lowest BCUT2D eigenvalue weighted by molar-refractivity contribution is -0.129. The van der Waals surface area contributed by atoms with Crippen LogP contribution < -0.4 is 5.32 Å². The summed E-state index contributed by atoms with van der Waals surface area (Å²) in [5.74, 6) is 0.682. The molecular formula is C16H26FN3O2. The number of aromatic nitrogens is 1. The highest BCUT2D eigenvalue weighted by molar-refractivity contribution is 5.81. The molecule has 0 spiro atoms. The third-order valence-corrected chi connectivity index (χ3v) is 4.06. The predicted molar refractivity (Wildman–Crippen MR) is 82.1 cm³/mol. The first-order chi connectivity index (χ1) is 10.2. The molecule has 6 heteroatoms.